The van der Waals surface area contributed by atoms with E-state index in [-0.39, 0.29) is 0 Å². The number of hydrogen-bond donors (Lipinski definition) is 1. The number of nitrogens with zero attached hydrogens (tertiary/aromatic N) is 4. The summed E-state index contributed by atoms with van der Waals surface area (Å²) < 4.78 is 1.37. The van der Waals surface area contributed by atoms with Gasteiger partial charge in [-0.2, -0.15) is 0 Å². The van der Waals surface area contributed by atoms with Crippen molar-refractivity contribution in [2.24, 2.45) is 5.92 Å². The highest BCUT2D eigenvalue weighted by Crippen LogP contribution is 2.16. The van der Waals surface area contributed by atoms with Gasteiger partial charge >= 0.3 is 5.97 Å². The van der Waals surface area contributed by atoms with E-state index >= 15 is 0 Å². The molecule has 0 radical (unpaired) electrons. The fourth-order valence-electron chi connectivity index (χ4n) is 1.22. The van der Waals surface area contributed by atoms with E-state index < -0.39 is 11.5 Å². The van der Waals surface area contributed by atoms with E-state index in [0.717, 1.165) is 0 Å². The molecule has 0 fully saturated rings. The van der Waals surface area contributed by atoms with Crippen LogP contribution in [0.25, 0.3) is 0 Å². The quantitative estimate of drug-likeness (QED) is 0.794. The maximum Gasteiger partial charge on any atom is 0.331 e. The Kier molecular flexibility index (Phi) is 3.06. The average molecular weight is 212 g/mol. The first-order valence-electron chi connectivity index (χ1n) is 4.87. The second-order valence-corrected chi connectivity index (χ2v) is 4.47. The predicted molar refractivity (Wildman–Crippen MR) is 53.3 cm³/mol. The predicted octanol–water partition coefficient (Wildman–Crippen LogP) is 0.691. The minimum absolute atomic E-state index is 0.388. The van der Waals surface area contributed by atoms with E-state index in [2.05, 4.69) is 15.5 Å². The summed E-state index contributed by atoms with van der Waals surface area (Å²) in [6.45, 7) is 7.23. The molecular weight excluding hydrogens is 196 g/mol. The zero-order valence-corrected chi connectivity index (χ0v) is 9.43. The molecule has 1 heterocycles. The zero-order chi connectivity index (χ0) is 11.6. The monoisotopic (exact) mass is 212 g/mol. The molecule has 0 amide bonds. The molecule has 6 nitrogen and oxygen atoms in total. The van der Waals surface area contributed by atoms with Gasteiger partial charge < -0.3 is 5.11 Å². The van der Waals surface area contributed by atoms with E-state index in [9.17, 15) is 4.79 Å². The number of carboxylic acids is 1. The van der Waals surface area contributed by atoms with Crippen LogP contribution in [0.5, 0.6) is 0 Å². The van der Waals surface area contributed by atoms with Crippen molar-refractivity contribution in [2.45, 2.75) is 39.7 Å². The number of carboxylic acid groups (broad SMARTS) is 1. The molecule has 0 spiro atoms. The first kappa shape index (κ1) is 11.6. The number of aliphatic carboxylic acids is 1. The summed E-state index contributed by atoms with van der Waals surface area (Å²) in [7, 11) is 0. The summed E-state index contributed by atoms with van der Waals surface area (Å²) in [5.74, 6) is 0.0524. The van der Waals surface area contributed by atoms with E-state index in [1.54, 1.807) is 13.8 Å². The van der Waals surface area contributed by atoms with Gasteiger partial charge in [0.15, 0.2) is 11.4 Å². The second-order valence-electron chi connectivity index (χ2n) is 4.47. The third-order valence-electron chi connectivity index (χ3n) is 2.18. The zero-order valence-electron chi connectivity index (χ0n) is 9.43. The molecule has 1 aromatic rings. The summed E-state index contributed by atoms with van der Waals surface area (Å²) in [6.07, 6.45) is 0.670. The molecule has 15 heavy (non-hydrogen) atoms. The lowest BCUT2D eigenvalue weighted by molar-refractivity contribution is -0.146. The number of tetrazole rings is 1. The number of carbonyl (C=O) groups is 1. The molecule has 0 saturated heterocycles. The number of aromatic nitrogens is 4. The minimum Gasteiger partial charge on any atom is -0.479 e. The molecule has 0 aromatic carbocycles. The Labute approximate surface area is 88.3 Å². The van der Waals surface area contributed by atoms with Gasteiger partial charge in [0, 0.05) is 6.42 Å². The van der Waals surface area contributed by atoms with Crippen molar-refractivity contribution >= 4 is 5.97 Å². The Bertz CT molecular complexity index is 357. The van der Waals surface area contributed by atoms with Crippen LogP contribution in [-0.4, -0.2) is 31.3 Å². The maximum atomic E-state index is 11.0. The fraction of sp³-hybridized carbons (Fsp3) is 0.778. The van der Waals surface area contributed by atoms with Gasteiger partial charge in [0.25, 0.3) is 0 Å². The van der Waals surface area contributed by atoms with Crippen LogP contribution in [0.2, 0.25) is 0 Å². The van der Waals surface area contributed by atoms with Crippen molar-refractivity contribution in [2.75, 3.05) is 0 Å². The van der Waals surface area contributed by atoms with E-state index in [4.69, 9.17) is 5.11 Å². The molecule has 0 atom stereocenters. The normalized spacial score (nSPS) is 12.1. The van der Waals surface area contributed by atoms with Gasteiger partial charge in [-0.25, -0.2) is 9.48 Å². The Morgan fingerprint density at radius 1 is 1.53 bits per heavy atom. The van der Waals surface area contributed by atoms with Crippen molar-refractivity contribution in [3.8, 4) is 0 Å². The molecule has 0 bridgehead atoms. The van der Waals surface area contributed by atoms with E-state index in [0.29, 0.717) is 18.2 Å². The number of rotatable bonds is 4. The Hall–Kier alpha value is -1.46. The molecule has 0 unspecified atom stereocenters. The molecule has 0 aliphatic heterocycles. The van der Waals surface area contributed by atoms with Gasteiger partial charge in [-0.3, -0.25) is 0 Å². The topological polar surface area (TPSA) is 80.9 Å². The molecule has 84 valence electrons. The Morgan fingerprint density at radius 2 is 2.13 bits per heavy atom. The second kappa shape index (κ2) is 3.96. The van der Waals surface area contributed by atoms with Crippen molar-refractivity contribution in [3.63, 3.8) is 0 Å². The highest BCUT2D eigenvalue weighted by molar-refractivity contribution is 5.75. The summed E-state index contributed by atoms with van der Waals surface area (Å²) in [6, 6.07) is 0. The molecule has 0 aliphatic rings. The third kappa shape index (κ3) is 2.31. The van der Waals surface area contributed by atoms with Crippen molar-refractivity contribution in [3.05, 3.63) is 5.82 Å². The largest absolute Gasteiger partial charge is 0.479 e. The van der Waals surface area contributed by atoms with E-state index in [1.165, 1.54) is 4.68 Å². The lowest BCUT2D eigenvalue weighted by Crippen LogP contribution is -2.38. The van der Waals surface area contributed by atoms with Crippen molar-refractivity contribution < 1.29 is 9.90 Å². The molecule has 1 rings (SSSR count). The van der Waals surface area contributed by atoms with Gasteiger partial charge in [0.1, 0.15) is 0 Å². The summed E-state index contributed by atoms with van der Waals surface area (Å²) in [4.78, 5) is 11.0. The van der Waals surface area contributed by atoms with Crippen LogP contribution in [0.15, 0.2) is 0 Å². The van der Waals surface area contributed by atoms with Crippen LogP contribution in [0.1, 0.15) is 33.5 Å². The van der Waals surface area contributed by atoms with E-state index in [1.807, 2.05) is 13.8 Å². The van der Waals surface area contributed by atoms with Crippen LogP contribution >= 0.6 is 0 Å². The van der Waals surface area contributed by atoms with Gasteiger partial charge in [0.05, 0.1) is 0 Å². The molecule has 0 aliphatic carbocycles. The molecule has 1 aromatic heterocycles. The van der Waals surface area contributed by atoms with Crippen LogP contribution in [0.3, 0.4) is 0 Å². The highest BCUT2D eigenvalue weighted by Gasteiger charge is 2.33. The first-order chi connectivity index (χ1) is 6.85. The van der Waals surface area contributed by atoms with Crippen LogP contribution < -0.4 is 0 Å². The summed E-state index contributed by atoms with van der Waals surface area (Å²) >= 11 is 0. The molecule has 0 saturated carbocycles. The lowest BCUT2D eigenvalue weighted by Gasteiger charge is -2.20. The molecule has 1 N–H and O–H groups in total. The minimum atomic E-state index is -1.10. The lowest BCUT2D eigenvalue weighted by atomic mass is 10.1. The van der Waals surface area contributed by atoms with Crippen molar-refractivity contribution in [1.82, 2.24) is 20.2 Å². The van der Waals surface area contributed by atoms with Gasteiger partial charge in [-0.15, -0.1) is 5.10 Å². The van der Waals surface area contributed by atoms with Gasteiger partial charge in [-0.1, -0.05) is 13.8 Å². The Morgan fingerprint density at radius 3 is 2.60 bits per heavy atom. The summed E-state index contributed by atoms with van der Waals surface area (Å²) in [5.41, 5.74) is -1.10. The van der Waals surface area contributed by atoms with Crippen LogP contribution in [0.4, 0.5) is 0 Å². The molecular formula is C9H16N4O2. The summed E-state index contributed by atoms with van der Waals surface area (Å²) in [5, 5.41) is 20.2. The SMILES string of the molecule is CC(C)Cc1nnnn1C(C)(C)C(=O)O. The Balaban J connectivity index is 3.04. The smallest absolute Gasteiger partial charge is 0.331 e. The fourth-order valence-corrected chi connectivity index (χ4v) is 1.22. The average Bonchev–Trinajstić information content (AvgIpc) is 2.51. The maximum absolute atomic E-state index is 11.0. The highest BCUT2D eigenvalue weighted by atomic mass is 16.4. The van der Waals surface area contributed by atoms with Crippen molar-refractivity contribution in [1.29, 1.82) is 0 Å². The number of hydrogen-bond acceptors (Lipinski definition) is 4. The standard InChI is InChI=1S/C9H16N4O2/c1-6(2)5-7-10-11-12-13(7)9(3,4)8(14)15/h6H,5H2,1-4H3,(H,14,15). The van der Waals surface area contributed by atoms with Crippen LogP contribution in [0, 0.1) is 5.92 Å². The molecule has 6 heteroatoms. The third-order valence-corrected chi connectivity index (χ3v) is 2.18. The van der Waals surface area contributed by atoms with Gasteiger partial charge in [0.2, 0.25) is 0 Å². The van der Waals surface area contributed by atoms with Gasteiger partial charge in [-0.05, 0) is 30.2 Å². The van der Waals surface area contributed by atoms with Crippen LogP contribution in [-0.2, 0) is 16.8 Å². The first-order valence-corrected chi connectivity index (χ1v) is 4.87.